The van der Waals surface area contributed by atoms with E-state index in [-0.39, 0.29) is 6.41 Å². The number of carbonyl (C=O) groups is 1. The molecule has 0 saturated carbocycles. The summed E-state index contributed by atoms with van der Waals surface area (Å²) in [6, 6.07) is 8.12. The SMILES string of the molecule is CC.Cc1cc(-c2cccnc2C)ccn1.NC=O. The molecule has 2 N–H and O–H groups in total. The van der Waals surface area contributed by atoms with E-state index in [4.69, 9.17) is 4.79 Å². The molecule has 0 bridgehead atoms. The second kappa shape index (κ2) is 9.76. The smallest absolute Gasteiger partial charge is 0.204 e. The maximum absolute atomic E-state index is 8.58. The van der Waals surface area contributed by atoms with Crippen molar-refractivity contribution in [3.05, 3.63) is 48.0 Å². The largest absolute Gasteiger partial charge is 0.372 e. The number of aryl methyl sites for hydroxylation is 2. The normalized spacial score (nSPS) is 8.42. The Balaban J connectivity index is 0.000000573. The summed E-state index contributed by atoms with van der Waals surface area (Å²) in [7, 11) is 0. The van der Waals surface area contributed by atoms with E-state index in [0.717, 1.165) is 11.4 Å². The van der Waals surface area contributed by atoms with Gasteiger partial charge in [-0.25, -0.2) is 0 Å². The minimum absolute atomic E-state index is 0.250. The summed E-state index contributed by atoms with van der Waals surface area (Å²) < 4.78 is 0. The van der Waals surface area contributed by atoms with Gasteiger partial charge in [-0.3, -0.25) is 14.8 Å². The molecule has 0 saturated heterocycles. The van der Waals surface area contributed by atoms with Gasteiger partial charge in [-0.1, -0.05) is 19.9 Å². The Morgan fingerprint density at radius 2 is 1.74 bits per heavy atom. The lowest BCUT2D eigenvalue weighted by molar-refractivity contribution is -0.106. The van der Waals surface area contributed by atoms with Crippen molar-refractivity contribution in [1.29, 1.82) is 0 Å². The predicted molar refractivity (Wildman–Crippen MR) is 78.5 cm³/mol. The monoisotopic (exact) mass is 259 g/mol. The van der Waals surface area contributed by atoms with Crippen LogP contribution in [0, 0.1) is 13.8 Å². The highest BCUT2D eigenvalue weighted by Crippen LogP contribution is 2.21. The molecule has 4 heteroatoms. The molecule has 0 fully saturated rings. The molecule has 2 aromatic heterocycles. The average molecular weight is 259 g/mol. The molecule has 0 aliphatic rings. The van der Waals surface area contributed by atoms with Crippen LogP contribution in [0.15, 0.2) is 36.7 Å². The molecule has 0 aliphatic carbocycles. The lowest BCUT2D eigenvalue weighted by Gasteiger charge is -2.04. The third-order valence-electron chi connectivity index (χ3n) is 2.21. The van der Waals surface area contributed by atoms with Gasteiger partial charge in [-0.2, -0.15) is 0 Å². The highest BCUT2D eigenvalue weighted by molar-refractivity contribution is 5.65. The third-order valence-corrected chi connectivity index (χ3v) is 2.21. The molecule has 2 rings (SSSR count). The van der Waals surface area contributed by atoms with Crippen LogP contribution in [-0.2, 0) is 4.79 Å². The Bertz CT molecular complexity index is 498. The Morgan fingerprint density at radius 3 is 2.26 bits per heavy atom. The number of hydrogen-bond acceptors (Lipinski definition) is 3. The van der Waals surface area contributed by atoms with Crippen molar-refractivity contribution in [3.8, 4) is 11.1 Å². The second-order valence-corrected chi connectivity index (χ2v) is 3.46. The van der Waals surface area contributed by atoms with Crippen LogP contribution in [0.4, 0.5) is 0 Å². The molecule has 0 unspecified atom stereocenters. The van der Waals surface area contributed by atoms with Gasteiger partial charge in [0.1, 0.15) is 0 Å². The Labute approximate surface area is 114 Å². The lowest BCUT2D eigenvalue weighted by atomic mass is 10.1. The summed E-state index contributed by atoms with van der Waals surface area (Å²) in [5.74, 6) is 0. The highest BCUT2D eigenvalue weighted by Gasteiger charge is 2.01. The third kappa shape index (κ3) is 5.77. The molecule has 2 aromatic rings. The molecule has 0 atom stereocenters. The molecule has 1 amide bonds. The van der Waals surface area contributed by atoms with Crippen LogP contribution in [0.1, 0.15) is 25.2 Å². The topological polar surface area (TPSA) is 68.9 Å². The number of primary amides is 1. The summed E-state index contributed by atoms with van der Waals surface area (Å²) >= 11 is 0. The number of nitrogens with zero attached hydrogens (tertiary/aromatic N) is 2. The fraction of sp³-hybridized carbons (Fsp3) is 0.267. The minimum Gasteiger partial charge on any atom is -0.372 e. The maximum Gasteiger partial charge on any atom is 0.204 e. The predicted octanol–water partition coefficient (Wildman–Crippen LogP) is 2.89. The lowest BCUT2D eigenvalue weighted by Crippen LogP contribution is -1.88. The zero-order valence-electron chi connectivity index (χ0n) is 11.9. The van der Waals surface area contributed by atoms with Gasteiger partial charge in [-0.15, -0.1) is 0 Å². The van der Waals surface area contributed by atoms with E-state index in [0.29, 0.717) is 0 Å². The van der Waals surface area contributed by atoms with Crippen molar-refractivity contribution in [1.82, 2.24) is 9.97 Å². The van der Waals surface area contributed by atoms with Crippen molar-refractivity contribution in [2.24, 2.45) is 5.73 Å². The van der Waals surface area contributed by atoms with Crippen LogP contribution < -0.4 is 5.73 Å². The van der Waals surface area contributed by atoms with Crippen molar-refractivity contribution < 1.29 is 4.79 Å². The van der Waals surface area contributed by atoms with Crippen LogP contribution in [0.3, 0.4) is 0 Å². The first kappa shape index (κ1) is 16.8. The van der Waals surface area contributed by atoms with Gasteiger partial charge in [0.2, 0.25) is 6.41 Å². The average Bonchev–Trinajstić information content (AvgIpc) is 2.42. The number of pyridine rings is 2. The van der Waals surface area contributed by atoms with Gasteiger partial charge < -0.3 is 5.73 Å². The molecule has 0 spiro atoms. The Hall–Kier alpha value is -2.23. The standard InChI is InChI=1S/C12H12N2.C2H6.CH3NO/c1-9-8-11(5-7-13-9)12-4-3-6-14-10(12)2;1-2;2-1-3/h3-8H,1-2H3;1-2H3;1H,(H2,2,3). The number of amides is 1. The first-order valence-corrected chi connectivity index (χ1v) is 6.19. The summed E-state index contributed by atoms with van der Waals surface area (Å²) in [6.07, 6.45) is 3.89. The van der Waals surface area contributed by atoms with E-state index >= 15 is 0 Å². The van der Waals surface area contributed by atoms with E-state index in [1.165, 1.54) is 11.1 Å². The van der Waals surface area contributed by atoms with Crippen LogP contribution in [-0.4, -0.2) is 16.4 Å². The molecule has 4 nitrogen and oxygen atoms in total. The fourth-order valence-electron chi connectivity index (χ4n) is 1.50. The molecule has 102 valence electrons. The van der Waals surface area contributed by atoms with Gasteiger partial charge in [0, 0.05) is 29.3 Å². The van der Waals surface area contributed by atoms with Crippen LogP contribution in [0.5, 0.6) is 0 Å². The van der Waals surface area contributed by atoms with Gasteiger partial charge in [-0.05, 0) is 37.6 Å². The summed E-state index contributed by atoms with van der Waals surface area (Å²) in [6.45, 7) is 8.01. The van der Waals surface area contributed by atoms with Crippen molar-refractivity contribution in [2.45, 2.75) is 27.7 Å². The molecule has 2 heterocycles. The number of hydrogen-bond donors (Lipinski definition) is 1. The van der Waals surface area contributed by atoms with Crippen molar-refractivity contribution in [3.63, 3.8) is 0 Å². The van der Waals surface area contributed by atoms with Crippen LogP contribution in [0.2, 0.25) is 0 Å². The first-order valence-electron chi connectivity index (χ1n) is 6.19. The molecule has 0 aliphatic heterocycles. The van der Waals surface area contributed by atoms with E-state index in [2.05, 4.69) is 27.8 Å². The van der Waals surface area contributed by atoms with E-state index in [9.17, 15) is 0 Å². The molecular formula is C15H21N3O. The maximum atomic E-state index is 8.58. The van der Waals surface area contributed by atoms with Crippen molar-refractivity contribution >= 4 is 6.41 Å². The molecular weight excluding hydrogens is 238 g/mol. The zero-order valence-corrected chi connectivity index (χ0v) is 11.9. The van der Waals surface area contributed by atoms with Gasteiger partial charge in [0.25, 0.3) is 0 Å². The number of nitrogens with two attached hydrogens (primary N) is 1. The molecule has 0 radical (unpaired) electrons. The molecule has 0 aromatic carbocycles. The Morgan fingerprint density at radius 1 is 1.11 bits per heavy atom. The quantitative estimate of drug-likeness (QED) is 0.800. The van der Waals surface area contributed by atoms with Crippen LogP contribution >= 0.6 is 0 Å². The summed E-state index contributed by atoms with van der Waals surface area (Å²) in [5, 5.41) is 0. The summed E-state index contributed by atoms with van der Waals surface area (Å²) in [5.41, 5.74) is 8.62. The van der Waals surface area contributed by atoms with Crippen LogP contribution in [0.25, 0.3) is 11.1 Å². The Kier molecular flexibility index (Phi) is 8.62. The highest BCUT2D eigenvalue weighted by atomic mass is 16.1. The molecule has 19 heavy (non-hydrogen) atoms. The van der Waals surface area contributed by atoms with Gasteiger partial charge in [0.15, 0.2) is 0 Å². The van der Waals surface area contributed by atoms with Gasteiger partial charge >= 0.3 is 0 Å². The first-order chi connectivity index (χ1) is 9.19. The van der Waals surface area contributed by atoms with E-state index < -0.39 is 0 Å². The second-order valence-electron chi connectivity index (χ2n) is 3.46. The zero-order chi connectivity index (χ0) is 14.7. The fourth-order valence-corrected chi connectivity index (χ4v) is 1.50. The number of rotatable bonds is 1. The van der Waals surface area contributed by atoms with E-state index in [1.807, 2.05) is 52.2 Å². The van der Waals surface area contributed by atoms with Crippen molar-refractivity contribution in [2.75, 3.05) is 0 Å². The number of carbonyl (C=O) groups excluding carboxylic acids is 1. The van der Waals surface area contributed by atoms with E-state index in [1.54, 1.807) is 0 Å². The number of aromatic nitrogens is 2. The minimum atomic E-state index is 0.250. The summed E-state index contributed by atoms with van der Waals surface area (Å²) in [4.78, 5) is 17.0. The van der Waals surface area contributed by atoms with Gasteiger partial charge in [0.05, 0.1) is 0 Å².